The quantitative estimate of drug-likeness (QED) is 0.897. The first kappa shape index (κ1) is 11.5. The number of hydrogen-bond acceptors (Lipinski definition) is 3. The van der Waals surface area contributed by atoms with Crippen molar-refractivity contribution in [3.63, 3.8) is 0 Å². The molecular weight excluding hydrogens is 224 g/mol. The first-order valence-corrected chi connectivity index (χ1v) is 6.55. The average molecular weight is 242 g/mol. The van der Waals surface area contributed by atoms with Crippen molar-refractivity contribution in [2.24, 2.45) is 0 Å². The van der Waals surface area contributed by atoms with Crippen LogP contribution in [0.15, 0.2) is 30.3 Å². The second kappa shape index (κ2) is 4.94. The van der Waals surface area contributed by atoms with Crippen LogP contribution in [0.4, 0.5) is 5.82 Å². The summed E-state index contributed by atoms with van der Waals surface area (Å²) in [6, 6.07) is 10.4. The largest absolute Gasteiger partial charge is 0.376 e. The average Bonchev–Trinajstić information content (AvgIpc) is 2.90. The molecule has 0 amide bonds. The molecule has 1 aliphatic heterocycles. The van der Waals surface area contributed by atoms with E-state index in [0.29, 0.717) is 6.10 Å². The molecule has 3 rings (SSSR count). The maximum absolute atomic E-state index is 5.60. The normalized spacial score (nSPS) is 19.3. The Kier molecular flexibility index (Phi) is 3.15. The van der Waals surface area contributed by atoms with E-state index in [2.05, 4.69) is 41.5 Å². The lowest BCUT2D eigenvalue weighted by atomic mass is 10.1. The Bertz CT molecular complexity index is 547. The monoisotopic (exact) mass is 242 g/mol. The van der Waals surface area contributed by atoms with Crippen LogP contribution < -0.4 is 5.32 Å². The molecule has 18 heavy (non-hydrogen) atoms. The van der Waals surface area contributed by atoms with Gasteiger partial charge in [0.15, 0.2) is 0 Å². The molecule has 0 saturated carbocycles. The number of nitrogens with one attached hydrogen (secondary N) is 1. The molecule has 0 aliphatic carbocycles. The van der Waals surface area contributed by atoms with Crippen LogP contribution in [0.3, 0.4) is 0 Å². The van der Waals surface area contributed by atoms with Crippen molar-refractivity contribution in [3.05, 3.63) is 35.9 Å². The van der Waals surface area contributed by atoms with Gasteiger partial charge < -0.3 is 10.1 Å². The van der Waals surface area contributed by atoms with Gasteiger partial charge in [0.25, 0.3) is 0 Å². The molecule has 2 heterocycles. The number of hydrogen-bond donors (Lipinski definition) is 1. The lowest BCUT2D eigenvalue weighted by molar-refractivity contribution is 0.120. The van der Waals surface area contributed by atoms with Crippen LogP contribution in [-0.2, 0) is 4.74 Å². The van der Waals surface area contributed by atoms with E-state index in [-0.39, 0.29) is 0 Å². The van der Waals surface area contributed by atoms with Gasteiger partial charge in [0.05, 0.1) is 11.6 Å². The lowest BCUT2D eigenvalue weighted by Gasteiger charge is -2.12. The molecule has 0 spiro atoms. The maximum Gasteiger partial charge on any atom is 0.127 e. The molecule has 0 bridgehead atoms. The molecule has 0 radical (unpaired) electrons. The van der Waals surface area contributed by atoms with Crippen LogP contribution >= 0.6 is 0 Å². The Labute approximate surface area is 107 Å². The first-order chi connectivity index (χ1) is 8.83. The number of ether oxygens (including phenoxy) is 1. The third kappa shape index (κ3) is 2.31. The van der Waals surface area contributed by atoms with Crippen molar-refractivity contribution in [3.8, 4) is 0 Å². The Morgan fingerprint density at radius 3 is 3.11 bits per heavy atom. The van der Waals surface area contributed by atoms with Gasteiger partial charge in [-0.25, -0.2) is 4.98 Å². The summed E-state index contributed by atoms with van der Waals surface area (Å²) in [5, 5.41) is 4.61. The number of anilines is 1. The standard InChI is InChI=1S/C15H18N2O/c1-11-9-15(16-10-12-5-4-8-18-12)17-14-7-3-2-6-13(11)14/h2-3,6-7,9,12H,4-5,8,10H2,1H3,(H,16,17)/t12-/m0/s1. The number of fused-ring (bicyclic) bond motifs is 1. The number of pyridine rings is 1. The van der Waals surface area contributed by atoms with Crippen LogP contribution in [-0.4, -0.2) is 24.2 Å². The van der Waals surface area contributed by atoms with Gasteiger partial charge in [0, 0.05) is 18.5 Å². The van der Waals surface area contributed by atoms with Crippen LogP contribution in [0.1, 0.15) is 18.4 Å². The zero-order valence-electron chi connectivity index (χ0n) is 10.6. The molecule has 1 fully saturated rings. The van der Waals surface area contributed by atoms with Gasteiger partial charge in [-0.15, -0.1) is 0 Å². The second-order valence-electron chi connectivity index (χ2n) is 4.86. The predicted molar refractivity (Wildman–Crippen MR) is 73.9 cm³/mol. The minimum Gasteiger partial charge on any atom is -0.376 e. The van der Waals surface area contributed by atoms with E-state index < -0.39 is 0 Å². The minimum absolute atomic E-state index is 0.346. The number of rotatable bonds is 3. The number of aryl methyl sites for hydroxylation is 1. The Morgan fingerprint density at radius 1 is 1.39 bits per heavy atom. The fourth-order valence-electron chi connectivity index (χ4n) is 2.46. The first-order valence-electron chi connectivity index (χ1n) is 6.55. The Hall–Kier alpha value is -1.61. The highest BCUT2D eigenvalue weighted by Gasteiger charge is 2.15. The van der Waals surface area contributed by atoms with Crippen LogP contribution in [0.5, 0.6) is 0 Å². The summed E-state index contributed by atoms with van der Waals surface area (Å²) >= 11 is 0. The topological polar surface area (TPSA) is 34.1 Å². The van der Waals surface area contributed by atoms with E-state index in [0.717, 1.165) is 30.9 Å². The van der Waals surface area contributed by atoms with Gasteiger partial charge in [0.2, 0.25) is 0 Å². The molecule has 1 atom stereocenters. The summed E-state index contributed by atoms with van der Waals surface area (Å²) in [6.07, 6.45) is 2.68. The third-order valence-corrected chi connectivity index (χ3v) is 3.46. The summed E-state index contributed by atoms with van der Waals surface area (Å²) in [5.74, 6) is 0.946. The van der Waals surface area contributed by atoms with Crippen LogP contribution in [0.2, 0.25) is 0 Å². The fourth-order valence-corrected chi connectivity index (χ4v) is 2.46. The molecule has 0 unspecified atom stereocenters. The van der Waals surface area contributed by atoms with Gasteiger partial charge in [-0.3, -0.25) is 0 Å². The van der Waals surface area contributed by atoms with Gasteiger partial charge in [0.1, 0.15) is 5.82 Å². The third-order valence-electron chi connectivity index (χ3n) is 3.46. The number of nitrogens with zero attached hydrogens (tertiary/aromatic N) is 1. The van der Waals surface area contributed by atoms with Crippen molar-refractivity contribution in [1.29, 1.82) is 0 Å². The maximum atomic E-state index is 5.60. The zero-order chi connectivity index (χ0) is 12.4. The molecule has 1 aromatic carbocycles. The van der Waals surface area contributed by atoms with Gasteiger partial charge in [-0.1, -0.05) is 18.2 Å². The van der Waals surface area contributed by atoms with E-state index in [1.807, 2.05) is 6.07 Å². The number of benzene rings is 1. The highest BCUT2D eigenvalue weighted by molar-refractivity contribution is 5.83. The molecule has 3 nitrogen and oxygen atoms in total. The summed E-state index contributed by atoms with van der Waals surface area (Å²) in [5.41, 5.74) is 2.31. The molecule has 3 heteroatoms. The van der Waals surface area contributed by atoms with E-state index in [9.17, 15) is 0 Å². The van der Waals surface area contributed by atoms with E-state index in [4.69, 9.17) is 4.74 Å². The van der Waals surface area contributed by atoms with E-state index in [1.54, 1.807) is 0 Å². The van der Waals surface area contributed by atoms with Crippen molar-refractivity contribution < 1.29 is 4.74 Å². The van der Waals surface area contributed by atoms with Crippen molar-refractivity contribution in [2.75, 3.05) is 18.5 Å². The fraction of sp³-hybridized carbons (Fsp3) is 0.400. The minimum atomic E-state index is 0.346. The molecule has 1 N–H and O–H groups in total. The van der Waals surface area contributed by atoms with Crippen LogP contribution in [0, 0.1) is 6.92 Å². The van der Waals surface area contributed by atoms with Gasteiger partial charge in [-0.05, 0) is 37.5 Å². The Morgan fingerprint density at radius 2 is 2.28 bits per heavy atom. The number of para-hydroxylation sites is 1. The summed E-state index contributed by atoms with van der Waals surface area (Å²) < 4.78 is 5.60. The SMILES string of the molecule is Cc1cc(NC[C@@H]2CCCO2)nc2ccccc12. The smallest absolute Gasteiger partial charge is 0.127 e. The summed E-state index contributed by atoms with van der Waals surface area (Å²) in [4.78, 5) is 4.63. The summed E-state index contributed by atoms with van der Waals surface area (Å²) in [7, 11) is 0. The van der Waals surface area contributed by atoms with Crippen LogP contribution in [0.25, 0.3) is 10.9 Å². The van der Waals surface area contributed by atoms with Crippen molar-refractivity contribution >= 4 is 16.7 Å². The van der Waals surface area contributed by atoms with Crippen molar-refractivity contribution in [1.82, 2.24) is 4.98 Å². The molecule has 1 aromatic heterocycles. The lowest BCUT2D eigenvalue weighted by Crippen LogP contribution is -2.19. The zero-order valence-corrected chi connectivity index (χ0v) is 10.6. The molecule has 1 aliphatic rings. The second-order valence-corrected chi connectivity index (χ2v) is 4.86. The molecule has 1 saturated heterocycles. The number of aromatic nitrogens is 1. The molecular formula is C15H18N2O. The van der Waals surface area contributed by atoms with Gasteiger partial charge >= 0.3 is 0 Å². The molecule has 2 aromatic rings. The van der Waals surface area contributed by atoms with Gasteiger partial charge in [-0.2, -0.15) is 0 Å². The predicted octanol–water partition coefficient (Wildman–Crippen LogP) is 3.13. The Balaban J connectivity index is 1.79. The molecule has 94 valence electrons. The van der Waals surface area contributed by atoms with E-state index >= 15 is 0 Å². The highest BCUT2D eigenvalue weighted by atomic mass is 16.5. The summed E-state index contributed by atoms with van der Waals surface area (Å²) in [6.45, 7) is 3.88. The van der Waals surface area contributed by atoms with E-state index in [1.165, 1.54) is 17.4 Å². The van der Waals surface area contributed by atoms with Crippen molar-refractivity contribution in [2.45, 2.75) is 25.9 Å². The highest BCUT2D eigenvalue weighted by Crippen LogP contribution is 2.20.